The molecule has 1 aromatic rings. The van der Waals surface area contributed by atoms with E-state index in [1.807, 2.05) is 12.3 Å². The van der Waals surface area contributed by atoms with Gasteiger partial charge in [0.05, 0.1) is 12.5 Å². The van der Waals surface area contributed by atoms with E-state index in [1.165, 1.54) is 0 Å². The standard InChI is InChI=1S/C14H21N3O2S/c1-9(2)6-17-7-11(4-13(17)18)14(19)15-5-12-16-10(3)8-20-12/h8-9,11H,4-7H2,1-3H3,(H,15,19). The van der Waals surface area contributed by atoms with E-state index in [1.54, 1.807) is 16.2 Å². The topological polar surface area (TPSA) is 62.3 Å². The second-order valence-corrected chi connectivity index (χ2v) is 6.64. The van der Waals surface area contributed by atoms with Crippen molar-refractivity contribution in [2.45, 2.75) is 33.7 Å². The Balaban J connectivity index is 1.83. The van der Waals surface area contributed by atoms with E-state index < -0.39 is 0 Å². The molecule has 2 amide bonds. The number of carbonyl (C=O) groups excluding carboxylic acids is 2. The number of hydrogen-bond acceptors (Lipinski definition) is 4. The van der Waals surface area contributed by atoms with Crippen LogP contribution in [0.3, 0.4) is 0 Å². The monoisotopic (exact) mass is 295 g/mol. The number of nitrogens with one attached hydrogen (secondary N) is 1. The SMILES string of the molecule is Cc1csc(CNC(=O)C2CC(=O)N(CC(C)C)C2)n1. The van der Waals surface area contributed by atoms with Gasteiger partial charge in [-0.3, -0.25) is 9.59 Å². The number of thiazole rings is 1. The second-order valence-electron chi connectivity index (χ2n) is 5.69. The number of rotatable bonds is 5. The summed E-state index contributed by atoms with van der Waals surface area (Å²) in [7, 11) is 0. The summed E-state index contributed by atoms with van der Waals surface area (Å²) >= 11 is 1.54. The number of aryl methyl sites for hydroxylation is 1. The van der Waals surface area contributed by atoms with Crippen molar-refractivity contribution in [1.29, 1.82) is 0 Å². The highest BCUT2D eigenvalue weighted by atomic mass is 32.1. The summed E-state index contributed by atoms with van der Waals surface area (Å²) in [4.78, 5) is 30.0. The Morgan fingerprint density at radius 2 is 2.35 bits per heavy atom. The van der Waals surface area contributed by atoms with Crippen LogP contribution in [0.5, 0.6) is 0 Å². The molecule has 2 rings (SSSR count). The maximum atomic E-state index is 12.1. The highest BCUT2D eigenvalue weighted by molar-refractivity contribution is 7.09. The van der Waals surface area contributed by atoms with Crippen molar-refractivity contribution in [2.24, 2.45) is 11.8 Å². The fraction of sp³-hybridized carbons (Fsp3) is 0.643. The van der Waals surface area contributed by atoms with Gasteiger partial charge in [0.2, 0.25) is 11.8 Å². The number of carbonyl (C=O) groups is 2. The van der Waals surface area contributed by atoms with Crippen LogP contribution in [0.1, 0.15) is 31.0 Å². The lowest BCUT2D eigenvalue weighted by molar-refractivity contribution is -0.129. The van der Waals surface area contributed by atoms with Gasteiger partial charge in [-0.15, -0.1) is 11.3 Å². The van der Waals surface area contributed by atoms with Crippen LogP contribution in [0.25, 0.3) is 0 Å². The van der Waals surface area contributed by atoms with Crippen LogP contribution >= 0.6 is 11.3 Å². The first-order valence-corrected chi connectivity index (χ1v) is 7.80. The van der Waals surface area contributed by atoms with Crippen LogP contribution in [0, 0.1) is 18.8 Å². The van der Waals surface area contributed by atoms with E-state index in [9.17, 15) is 9.59 Å². The van der Waals surface area contributed by atoms with Gasteiger partial charge in [0.15, 0.2) is 0 Å². The van der Waals surface area contributed by atoms with Crippen molar-refractivity contribution >= 4 is 23.2 Å². The van der Waals surface area contributed by atoms with Crippen molar-refractivity contribution in [2.75, 3.05) is 13.1 Å². The molecule has 20 heavy (non-hydrogen) atoms. The molecule has 110 valence electrons. The summed E-state index contributed by atoms with van der Waals surface area (Å²) in [5.74, 6) is 0.253. The van der Waals surface area contributed by atoms with E-state index in [2.05, 4.69) is 24.1 Å². The first-order chi connectivity index (χ1) is 9.45. The minimum absolute atomic E-state index is 0.0440. The number of aromatic nitrogens is 1. The molecule has 1 fully saturated rings. The Labute approximate surface area is 123 Å². The average molecular weight is 295 g/mol. The molecule has 0 bridgehead atoms. The molecule has 1 N–H and O–H groups in total. The molecule has 1 aliphatic heterocycles. The smallest absolute Gasteiger partial charge is 0.225 e. The summed E-state index contributed by atoms with van der Waals surface area (Å²) in [6, 6.07) is 0. The summed E-state index contributed by atoms with van der Waals surface area (Å²) < 4.78 is 0. The third kappa shape index (κ3) is 3.79. The van der Waals surface area contributed by atoms with E-state index in [0.717, 1.165) is 17.2 Å². The number of likely N-dealkylation sites (tertiary alicyclic amines) is 1. The van der Waals surface area contributed by atoms with Crippen LogP contribution in [0.4, 0.5) is 0 Å². The van der Waals surface area contributed by atoms with Crippen LogP contribution in [0.2, 0.25) is 0 Å². The zero-order valence-electron chi connectivity index (χ0n) is 12.2. The predicted octanol–water partition coefficient (Wildman–Crippen LogP) is 1.57. The third-order valence-corrected chi connectivity index (χ3v) is 4.22. The molecule has 1 aliphatic rings. The zero-order chi connectivity index (χ0) is 14.7. The quantitative estimate of drug-likeness (QED) is 0.897. The fourth-order valence-electron chi connectivity index (χ4n) is 2.36. The van der Waals surface area contributed by atoms with E-state index >= 15 is 0 Å². The first kappa shape index (κ1) is 15.0. The summed E-state index contributed by atoms with van der Waals surface area (Å²) in [5, 5.41) is 5.74. The maximum absolute atomic E-state index is 12.1. The maximum Gasteiger partial charge on any atom is 0.225 e. The lowest BCUT2D eigenvalue weighted by Crippen LogP contribution is -2.33. The van der Waals surface area contributed by atoms with Gasteiger partial charge in [-0.05, 0) is 12.8 Å². The van der Waals surface area contributed by atoms with Crippen molar-refractivity contribution in [1.82, 2.24) is 15.2 Å². The Morgan fingerprint density at radius 1 is 1.60 bits per heavy atom. The molecule has 0 radical (unpaired) electrons. The molecule has 2 heterocycles. The van der Waals surface area contributed by atoms with Gasteiger partial charge < -0.3 is 10.2 Å². The molecule has 0 spiro atoms. The first-order valence-electron chi connectivity index (χ1n) is 6.92. The summed E-state index contributed by atoms with van der Waals surface area (Å²) in [6.45, 7) is 7.80. The highest BCUT2D eigenvalue weighted by Crippen LogP contribution is 2.19. The van der Waals surface area contributed by atoms with E-state index in [0.29, 0.717) is 25.4 Å². The van der Waals surface area contributed by atoms with E-state index in [-0.39, 0.29) is 17.7 Å². The fourth-order valence-corrected chi connectivity index (χ4v) is 3.07. The summed E-state index contributed by atoms with van der Waals surface area (Å²) in [5.41, 5.74) is 0.971. The van der Waals surface area contributed by atoms with Gasteiger partial charge in [-0.1, -0.05) is 13.8 Å². The Hall–Kier alpha value is -1.43. The third-order valence-electron chi connectivity index (χ3n) is 3.25. The lowest BCUT2D eigenvalue weighted by atomic mass is 10.1. The van der Waals surface area contributed by atoms with Gasteiger partial charge in [-0.25, -0.2) is 4.98 Å². The lowest BCUT2D eigenvalue weighted by Gasteiger charge is -2.18. The Kier molecular flexibility index (Phi) is 4.75. The molecule has 1 aromatic heterocycles. The van der Waals surface area contributed by atoms with E-state index in [4.69, 9.17) is 0 Å². The van der Waals surface area contributed by atoms with Gasteiger partial charge >= 0.3 is 0 Å². The summed E-state index contributed by atoms with van der Waals surface area (Å²) in [6.07, 6.45) is 0.329. The molecule has 1 saturated heterocycles. The molecule has 0 saturated carbocycles. The van der Waals surface area contributed by atoms with Crippen molar-refractivity contribution in [3.8, 4) is 0 Å². The average Bonchev–Trinajstić information content (AvgIpc) is 2.93. The van der Waals surface area contributed by atoms with Crippen molar-refractivity contribution < 1.29 is 9.59 Å². The van der Waals surface area contributed by atoms with Crippen LogP contribution in [-0.2, 0) is 16.1 Å². The minimum atomic E-state index is -0.220. The van der Waals surface area contributed by atoms with Gasteiger partial charge in [0.1, 0.15) is 5.01 Å². The van der Waals surface area contributed by atoms with Crippen molar-refractivity contribution in [3.05, 3.63) is 16.1 Å². The molecule has 6 heteroatoms. The van der Waals surface area contributed by atoms with Crippen LogP contribution < -0.4 is 5.32 Å². The van der Waals surface area contributed by atoms with Gasteiger partial charge in [0.25, 0.3) is 0 Å². The molecule has 1 unspecified atom stereocenters. The molecule has 1 atom stereocenters. The predicted molar refractivity (Wildman–Crippen MR) is 78.2 cm³/mol. The Bertz CT molecular complexity index is 498. The van der Waals surface area contributed by atoms with Crippen LogP contribution in [0.15, 0.2) is 5.38 Å². The van der Waals surface area contributed by atoms with Crippen molar-refractivity contribution in [3.63, 3.8) is 0 Å². The second kappa shape index (κ2) is 6.35. The van der Waals surface area contributed by atoms with Gasteiger partial charge in [-0.2, -0.15) is 0 Å². The minimum Gasteiger partial charge on any atom is -0.349 e. The normalized spacial score (nSPS) is 18.9. The molecular formula is C14H21N3O2S. The zero-order valence-corrected chi connectivity index (χ0v) is 13.0. The molecule has 0 aliphatic carbocycles. The molecule has 5 nitrogen and oxygen atoms in total. The number of hydrogen-bond donors (Lipinski definition) is 1. The Morgan fingerprint density at radius 3 is 2.95 bits per heavy atom. The van der Waals surface area contributed by atoms with Gasteiger partial charge in [0, 0.05) is 30.6 Å². The van der Waals surface area contributed by atoms with Crippen LogP contribution in [-0.4, -0.2) is 34.8 Å². The number of amides is 2. The number of nitrogens with zero attached hydrogens (tertiary/aromatic N) is 2. The molecule has 0 aromatic carbocycles. The molecular weight excluding hydrogens is 274 g/mol. The largest absolute Gasteiger partial charge is 0.349 e. The highest BCUT2D eigenvalue weighted by Gasteiger charge is 2.34.